The largest absolute Gasteiger partial charge is 0.368 e. The zero-order valence-electron chi connectivity index (χ0n) is 15.4. The van der Waals surface area contributed by atoms with Gasteiger partial charge in [-0.25, -0.2) is 9.07 Å². The number of hydrogen-bond acceptors (Lipinski definition) is 4. The monoisotopic (exact) mass is 370 g/mol. The highest BCUT2D eigenvalue weighted by Gasteiger charge is 2.28. The van der Waals surface area contributed by atoms with Crippen LogP contribution in [0.15, 0.2) is 35.1 Å². The number of carbonyl (C=O) groups excluding carboxylic acids is 1. The molecule has 2 aliphatic rings. The van der Waals surface area contributed by atoms with Crippen LogP contribution in [0.4, 0.5) is 10.1 Å². The number of halogens is 1. The Morgan fingerprint density at radius 3 is 2.52 bits per heavy atom. The van der Waals surface area contributed by atoms with Crippen molar-refractivity contribution in [3.05, 3.63) is 57.8 Å². The van der Waals surface area contributed by atoms with Crippen LogP contribution in [0.5, 0.6) is 0 Å². The molecule has 27 heavy (non-hydrogen) atoms. The minimum absolute atomic E-state index is 0.0821. The molecule has 1 amide bonds. The molecule has 142 valence electrons. The van der Waals surface area contributed by atoms with E-state index in [1.165, 1.54) is 16.8 Å². The molecular weight excluding hydrogens is 347 g/mol. The van der Waals surface area contributed by atoms with Gasteiger partial charge >= 0.3 is 0 Å². The maximum atomic E-state index is 13.1. The Hall–Kier alpha value is -2.70. The van der Waals surface area contributed by atoms with Gasteiger partial charge < -0.3 is 9.80 Å². The van der Waals surface area contributed by atoms with E-state index in [-0.39, 0.29) is 17.3 Å². The van der Waals surface area contributed by atoms with E-state index in [0.29, 0.717) is 26.2 Å². The van der Waals surface area contributed by atoms with Gasteiger partial charge in [0.1, 0.15) is 11.9 Å². The second kappa shape index (κ2) is 7.13. The van der Waals surface area contributed by atoms with Gasteiger partial charge in [0.15, 0.2) is 0 Å². The van der Waals surface area contributed by atoms with Crippen molar-refractivity contribution >= 4 is 11.6 Å². The van der Waals surface area contributed by atoms with Crippen molar-refractivity contribution in [1.29, 1.82) is 0 Å². The summed E-state index contributed by atoms with van der Waals surface area (Å²) in [6.45, 7) is 4.23. The number of hydrogen-bond donors (Lipinski definition) is 0. The standard InChI is InChI=1S/C20H23FN4O2/c1-14(25-19(26)13-15-3-2-4-18(15)22-25)20(27)24-11-9-23(10-12-24)17-7-5-16(21)6-8-17/h5-8,13-14H,2-4,9-12H2,1H3. The predicted octanol–water partition coefficient (Wildman–Crippen LogP) is 1.78. The minimum atomic E-state index is -0.610. The van der Waals surface area contributed by atoms with Crippen molar-refractivity contribution in [2.45, 2.75) is 32.2 Å². The van der Waals surface area contributed by atoms with Crippen molar-refractivity contribution in [3.8, 4) is 0 Å². The molecule has 1 aliphatic heterocycles. The first-order valence-electron chi connectivity index (χ1n) is 9.44. The van der Waals surface area contributed by atoms with Gasteiger partial charge in [-0.05, 0) is 56.0 Å². The highest BCUT2D eigenvalue weighted by molar-refractivity contribution is 5.80. The molecule has 1 aliphatic carbocycles. The molecule has 0 N–H and O–H groups in total. The molecule has 1 aromatic carbocycles. The first-order chi connectivity index (χ1) is 13.0. The summed E-state index contributed by atoms with van der Waals surface area (Å²) in [5, 5.41) is 4.45. The van der Waals surface area contributed by atoms with E-state index in [2.05, 4.69) is 10.00 Å². The summed E-state index contributed by atoms with van der Waals surface area (Å²) in [5.74, 6) is -0.338. The second-order valence-corrected chi connectivity index (χ2v) is 7.22. The summed E-state index contributed by atoms with van der Waals surface area (Å²) >= 11 is 0. The molecule has 1 unspecified atom stereocenters. The Morgan fingerprint density at radius 2 is 1.81 bits per heavy atom. The first-order valence-corrected chi connectivity index (χ1v) is 9.44. The molecule has 1 aromatic heterocycles. The lowest BCUT2D eigenvalue weighted by atomic mass is 10.2. The number of rotatable bonds is 3. The highest BCUT2D eigenvalue weighted by Crippen LogP contribution is 2.20. The van der Waals surface area contributed by atoms with Crippen LogP contribution in [-0.4, -0.2) is 46.8 Å². The summed E-state index contributed by atoms with van der Waals surface area (Å²) in [5.41, 5.74) is 2.70. The first kappa shape index (κ1) is 17.7. The Kier molecular flexibility index (Phi) is 4.68. The Bertz CT molecular complexity index is 901. The summed E-state index contributed by atoms with van der Waals surface area (Å²) < 4.78 is 14.4. The summed E-state index contributed by atoms with van der Waals surface area (Å²) in [6, 6.07) is 7.42. The van der Waals surface area contributed by atoms with Crippen molar-refractivity contribution < 1.29 is 9.18 Å². The van der Waals surface area contributed by atoms with Gasteiger partial charge in [0.25, 0.3) is 5.56 Å². The molecular formula is C20H23FN4O2. The van der Waals surface area contributed by atoms with Crippen LogP contribution in [0, 0.1) is 5.82 Å². The summed E-state index contributed by atoms with van der Waals surface area (Å²) in [4.78, 5) is 29.2. The van der Waals surface area contributed by atoms with Gasteiger partial charge in [-0.1, -0.05) is 0 Å². The average molecular weight is 370 g/mol. The fourth-order valence-electron chi connectivity index (χ4n) is 3.90. The number of piperazine rings is 1. The van der Waals surface area contributed by atoms with Crippen molar-refractivity contribution in [2.75, 3.05) is 31.1 Å². The van der Waals surface area contributed by atoms with Gasteiger partial charge in [-0.15, -0.1) is 0 Å². The third-order valence-corrected chi connectivity index (χ3v) is 5.49. The van der Waals surface area contributed by atoms with E-state index in [9.17, 15) is 14.0 Å². The number of nitrogens with zero attached hydrogens (tertiary/aromatic N) is 4. The number of aromatic nitrogens is 2. The van der Waals surface area contributed by atoms with Crippen LogP contribution >= 0.6 is 0 Å². The average Bonchev–Trinajstić information content (AvgIpc) is 3.14. The van der Waals surface area contributed by atoms with E-state index in [1.54, 1.807) is 30.0 Å². The third kappa shape index (κ3) is 3.46. The fraction of sp³-hybridized carbons (Fsp3) is 0.450. The molecule has 7 heteroatoms. The normalized spacial score (nSPS) is 17.7. The molecule has 2 aromatic rings. The smallest absolute Gasteiger partial charge is 0.267 e. The number of carbonyl (C=O) groups is 1. The molecule has 0 spiro atoms. The van der Waals surface area contributed by atoms with Crippen LogP contribution < -0.4 is 10.5 Å². The minimum Gasteiger partial charge on any atom is -0.368 e. The summed E-state index contributed by atoms with van der Waals surface area (Å²) in [7, 11) is 0. The molecule has 4 rings (SSSR count). The van der Waals surface area contributed by atoms with Gasteiger partial charge in [0, 0.05) is 37.9 Å². The lowest BCUT2D eigenvalue weighted by Crippen LogP contribution is -2.51. The number of amides is 1. The highest BCUT2D eigenvalue weighted by atomic mass is 19.1. The number of fused-ring (bicyclic) bond motifs is 1. The molecule has 1 saturated heterocycles. The van der Waals surface area contributed by atoms with Crippen molar-refractivity contribution in [3.63, 3.8) is 0 Å². The lowest BCUT2D eigenvalue weighted by molar-refractivity contribution is -0.135. The molecule has 0 radical (unpaired) electrons. The molecule has 0 bridgehead atoms. The van der Waals surface area contributed by atoms with Gasteiger partial charge in [0.2, 0.25) is 5.91 Å². The zero-order valence-corrected chi connectivity index (χ0v) is 15.4. The van der Waals surface area contributed by atoms with Crippen molar-refractivity contribution in [1.82, 2.24) is 14.7 Å². The fourth-order valence-corrected chi connectivity index (χ4v) is 3.90. The van der Waals surface area contributed by atoms with Crippen LogP contribution in [0.25, 0.3) is 0 Å². The Morgan fingerprint density at radius 1 is 1.11 bits per heavy atom. The maximum absolute atomic E-state index is 13.1. The Labute approximate surface area is 157 Å². The molecule has 1 atom stereocenters. The van der Waals surface area contributed by atoms with E-state index < -0.39 is 6.04 Å². The second-order valence-electron chi connectivity index (χ2n) is 7.22. The van der Waals surface area contributed by atoms with E-state index >= 15 is 0 Å². The van der Waals surface area contributed by atoms with Crippen LogP contribution in [0.2, 0.25) is 0 Å². The SMILES string of the molecule is CC(C(=O)N1CCN(c2ccc(F)cc2)CC1)n1nc2c(cc1=O)CCC2. The molecule has 2 heterocycles. The van der Waals surface area contributed by atoms with E-state index in [4.69, 9.17) is 0 Å². The summed E-state index contributed by atoms with van der Waals surface area (Å²) in [6.07, 6.45) is 2.78. The Balaban J connectivity index is 1.43. The quantitative estimate of drug-likeness (QED) is 0.827. The molecule has 1 fully saturated rings. The van der Waals surface area contributed by atoms with E-state index in [0.717, 1.165) is 36.2 Å². The third-order valence-electron chi connectivity index (χ3n) is 5.49. The molecule has 6 nitrogen and oxygen atoms in total. The number of anilines is 1. The van der Waals surface area contributed by atoms with E-state index in [1.807, 2.05) is 0 Å². The number of aryl methyl sites for hydroxylation is 2. The van der Waals surface area contributed by atoms with Crippen LogP contribution in [0.3, 0.4) is 0 Å². The predicted molar refractivity (Wildman–Crippen MR) is 100 cm³/mol. The van der Waals surface area contributed by atoms with Gasteiger partial charge in [-0.2, -0.15) is 5.10 Å². The number of benzene rings is 1. The van der Waals surface area contributed by atoms with Crippen LogP contribution in [-0.2, 0) is 17.6 Å². The van der Waals surface area contributed by atoms with Gasteiger partial charge in [-0.3, -0.25) is 9.59 Å². The maximum Gasteiger partial charge on any atom is 0.267 e. The zero-order chi connectivity index (χ0) is 19.0. The van der Waals surface area contributed by atoms with Crippen LogP contribution in [0.1, 0.15) is 30.6 Å². The van der Waals surface area contributed by atoms with Crippen molar-refractivity contribution in [2.24, 2.45) is 0 Å². The molecule has 0 saturated carbocycles. The lowest BCUT2D eigenvalue weighted by Gasteiger charge is -2.37. The topological polar surface area (TPSA) is 58.4 Å². The van der Waals surface area contributed by atoms with Gasteiger partial charge in [0.05, 0.1) is 5.69 Å².